The quantitative estimate of drug-likeness (QED) is 0.482. The summed E-state index contributed by atoms with van der Waals surface area (Å²) in [4.78, 5) is 21.9. The molecule has 2 aromatic rings. The van der Waals surface area contributed by atoms with Crippen LogP contribution in [0.15, 0.2) is 34.7 Å². The van der Waals surface area contributed by atoms with Gasteiger partial charge >= 0.3 is 5.97 Å². The Labute approximate surface area is 117 Å². The Morgan fingerprint density at radius 2 is 2.11 bits per heavy atom. The van der Waals surface area contributed by atoms with Gasteiger partial charge in [0.1, 0.15) is 5.76 Å². The fourth-order valence-corrected chi connectivity index (χ4v) is 2.30. The van der Waals surface area contributed by atoms with Crippen molar-refractivity contribution >= 4 is 34.8 Å². The van der Waals surface area contributed by atoms with Gasteiger partial charge in [0.25, 0.3) is 0 Å². The van der Waals surface area contributed by atoms with E-state index in [9.17, 15) is 9.59 Å². The Kier molecular flexibility index (Phi) is 3.81. The molecule has 0 atom stereocenters. The highest BCUT2D eigenvalue weighted by atomic mass is 127. The Morgan fingerprint density at radius 1 is 1.33 bits per heavy atom. The summed E-state index contributed by atoms with van der Waals surface area (Å²) in [5.41, 5.74) is 1.31. The fraction of sp³-hybridized carbons (Fsp3) is 0.0769. The van der Waals surface area contributed by atoms with Gasteiger partial charge in [0, 0.05) is 9.13 Å². The molecular weight excluding hydrogens is 347 g/mol. The van der Waals surface area contributed by atoms with Crippen LogP contribution in [0.4, 0.5) is 0 Å². The Balaban J connectivity index is 2.40. The predicted molar refractivity (Wildman–Crippen MR) is 73.6 cm³/mol. The minimum Gasteiger partial charge on any atom is -0.465 e. The van der Waals surface area contributed by atoms with E-state index in [-0.39, 0.29) is 11.7 Å². The standard InChI is InChI=1S/C13H9IO4/c1-17-13(16)8-2-4-10(11(14)6-8)12-5-3-9(7-15)18-12/h2-7H,1H3. The lowest BCUT2D eigenvalue weighted by Crippen LogP contribution is -2.01. The SMILES string of the molecule is COC(=O)c1ccc(-c2ccc(C=O)o2)c(I)c1. The molecule has 0 fully saturated rings. The molecule has 0 bridgehead atoms. The van der Waals surface area contributed by atoms with Gasteiger partial charge in [-0.05, 0) is 52.9 Å². The third-order valence-corrected chi connectivity index (χ3v) is 3.29. The van der Waals surface area contributed by atoms with Crippen LogP contribution in [0.3, 0.4) is 0 Å². The summed E-state index contributed by atoms with van der Waals surface area (Å²) < 4.78 is 10.8. The molecular formula is C13H9IO4. The number of carbonyl (C=O) groups excluding carboxylic acids is 2. The Morgan fingerprint density at radius 3 is 2.67 bits per heavy atom. The van der Waals surface area contributed by atoms with Gasteiger partial charge < -0.3 is 9.15 Å². The predicted octanol–water partition coefficient (Wildman–Crippen LogP) is 3.15. The molecule has 0 amide bonds. The normalized spacial score (nSPS) is 10.1. The number of esters is 1. The number of rotatable bonds is 3. The van der Waals surface area contributed by atoms with Crippen molar-refractivity contribution in [3.05, 3.63) is 45.2 Å². The van der Waals surface area contributed by atoms with Crippen molar-refractivity contribution in [1.82, 2.24) is 0 Å². The number of ether oxygens (including phenoxy) is 1. The van der Waals surface area contributed by atoms with Gasteiger partial charge in [-0.3, -0.25) is 4.79 Å². The molecule has 0 unspecified atom stereocenters. The number of aldehydes is 1. The summed E-state index contributed by atoms with van der Waals surface area (Å²) in [6.07, 6.45) is 0.652. The first-order valence-corrected chi connectivity index (χ1v) is 6.17. The first-order valence-electron chi connectivity index (χ1n) is 5.09. The van der Waals surface area contributed by atoms with E-state index >= 15 is 0 Å². The zero-order valence-electron chi connectivity index (χ0n) is 9.48. The number of hydrogen-bond acceptors (Lipinski definition) is 4. The third kappa shape index (κ3) is 2.45. The topological polar surface area (TPSA) is 56.5 Å². The highest BCUT2D eigenvalue weighted by molar-refractivity contribution is 14.1. The number of benzene rings is 1. The molecule has 18 heavy (non-hydrogen) atoms. The zero-order chi connectivity index (χ0) is 13.1. The van der Waals surface area contributed by atoms with Crippen molar-refractivity contribution in [3.8, 4) is 11.3 Å². The first-order chi connectivity index (χ1) is 8.65. The highest BCUT2D eigenvalue weighted by Crippen LogP contribution is 2.27. The molecule has 2 rings (SSSR count). The second kappa shape index (κ2) is 5.34. The lowest BCUT2D eigenvalue weighted by molar-refractivity contribution is 0.0600. The summed E-state index contributed by atoms with van der Waals surface area (Å²) in [7, 11) is 1.34. The minimum atomic E-state index is -0.382. The molecule has 1 heterocycles. The smallest absolute Gasteiger partial charge is 0.337 e. The van der Waals surface area contributed by atoms with Crippen LogP contribution in [-0.2, 0) is 4.74 Å². The summed E-state index contributed by atoms with van der Waals surface area (Å²) in [5.74, 6) is 0.489. The zero-order valence-corrected chi connectivity index (χ0v) is 11.6. The van der Waals surface area contributed by atoms with Crippen LogP contribution < -0.4 is 0 Å². The molecule has 1 aromatic carbocycles. The van der Waals surface area contributed by atoms with E-state index in [0.29, 0.717) is 17.6 Å². The average Bonchev–Trinajstić information content (AvgIpc) is 2.86. The van der Waals surface area contributed by atoms with Crippen LogP contribution >= 0.6 is 22.6 Å². The van der Waals surface area contributed by atoms with Crippen LogP contribution in [0.2, 0.25) is 0 Å². The molecule has 0 saturated carbocycles. The molecule has 0 spiro atoms. The van der Waals surface area contributed by atoms with Crippen molar-refractivity contribution < 1.29 is 18.7 Å². The highest BCUT2D eigenvalue weighted by Gasteiger charge is 2.12. The average molecular weight is 356 g/mol. The third-order valence-electron chi connectivity index (χ3n) is 2.40. The number of furan rings is 1. The maximum Gasteiger partial charge on any atom is 0.337 e. The number of halogens is 1. The van der Waals surface area contributed by atoms with E-state index in [1.165, 1.54) is 7.11 Å². The van der Waals surface area contributed by atoms with Gasteiger partial charge in [0.05, 0.1) is 12.7 Å². The molecule has 0 aliphatic heterocycles. The van der Waals surface area contributed by atoms with Gasteiger partial charge in [-0.25, -0.2) is 4.79 Å². The van der Waals surface area contributed by atoms with Gasteiger partial charge in [-0.1, -0.05) is 0 Å². The van der Waals surface area contributed by atoms with Gasteiger partial charge in [-0.15, -0.1) is 0 Å². The molecule has 5 heteroatoms. The van der Waals surface area contributed by atoms with E-state index in [0.717, 1.165) is 9.13 Å². The minimum absolute atomic E-state index is 0.276. The summed E-state index contributed by atoms with van der Waals surface area (Å²) in [6, 6.07) is 8.46. The molecule has 4 nitrogen and oxygen atoms in total. The maximum atomic E-state index is 11.4. The monoisotopic (exact) mass is 356 g/mol. The van der Waals surface area contributed by atoms with Crippen molar-refractivity contribution in [3.63, 3.8) is 0 Å². The summed E-state index contributed by atoms with van der Waals surface area (Å²) in [5, 5.41) is 0. The van der Waals surface area contributed by atoms with Crippen LogP contribution in [-0.4, -0.2) is 19.4 Å². The lowest BCUT2D eigenvalue weighted by atomic mass is 10.1. The summed E-state index contributed by atoms with van der Waals surface area (Å²) in [6.45, 7) is 0. The van der Waals surface area contributed by atoms with Crippen molar-refractivity contribution in [2.24, 2.45) is 0 Å². The molecule has 0 radical (unpaired) electrons. The van der Waals surface area contributed by atoms with Gasteiger partial charge in [-0.2, -0.15) is 0 Å². The lowest BCUT2D eigenvalue weighted by Gasteiger charge is -2.04. The second-order valence-electron chi connectivity index (χ2n) is 3.51. The maximum absolute atomic E-state index is 11.4. The van der Waals surface area contributed by atoms with Crippen molar-refractivity contribution in [2.45, 2.75) is 0 Å². The van der Waals surface area contributed by atoms with E-state index in [4.69, 9.17) is 4.42 Å². The molecule has 0 aliphatic carbocycles. The van der Waals surface area contributed by atoms with Gasteiger partial charge in [0.2, 0.25) is 0 Å². The number of carbonyl (C=O) groups is 2. The van der Waals surface area contributed by atoms with E-state index in [2.05, 4.69) is 27.3 Å². The van der Waals surface area contributed by atoms with Crippen LogP contribution in [0, 0.1) is 3.57 Å². The Bertz CT molecular complexity index is 601. The number of hydrogen-bond donors (Lipinski definition) is 0. The van der Waals surface area contributed by atoms with Crippen molar-refractivity contribution in [1.29, 1.82) is 0 Å². The number of methoxy groups -OCH3 is 1. The van der Waals surface area contributed by atoms with Crippen molar-refractivity contribution in [2.75, 3.05) is 7.11 Å². The van der Waals surface area contributed by atoms with Crippen LogP contribution in [0.5, 0.6) is 0 Å². The molecule has 0 aliphatic rings. The molecule has 0 saturated heterocycles. The van der Waals surface area contributed by atoms with Crippen LogP contribution in [0.1, 0.15) is 20.9 Å². The summed E-state index contributed by atoms with van der Waals surface area (Å²) >= 11 is 2.10. The first kappa shape index (κ1) is 12.8. The van der Waals surface area contributed by atoms with Gasteiger partial charge in [0.15, 0.2) is 12.0 Å². The van der Waals surface area contributed by atoms with Crippen LogP contribution in [0.25, 0.3) is 11.3 Å². The molecule has 92 valence electrons. The molecule has 1 aromatic heterocycles. The van der Waals surface area contributed by atoms with E-state index < -0.39 is 0 Å². The van der Waals surface area contributed by atoms with E-state index in [1.54, 1.807) is 30.3 Å². The molecule has 0 N–H and O–H groups in total. The Hall–Kier alpha value is -1.63. The second-order valence-corrected chi connectivity index (χ2v) is 4.67. The fourth-order valence-electron chi connectivity index (χ4n) is 1.52. The van der Waals surface area contributed by atoms with E-state index in [1.807, 2.05) is 0 Å². The largest absolute Gasteiger partial charge is 0.465 e.